The van der Waals surface area contributed by atoms with Crippen LogP contribution in [0.2, 0.25) is 0 Å². The van der Waals surface area contributed by atoms with Gasteiger partial charge in [0.05, 0.1) is 17.1 Å². The van der Waals surface area contributed by atoms with E-state index in [0.29, 0.717) is 24.5 Å². The Morgan fingerprint density at radius 2 is 2.12 bits per heavy atom. The molecule has 1 unspecified atom stereocenters. The molecule has 134 valence electrons. The van der Waals surface area contributed by atoms with Gasteiger partial charge in [-0.2, -0.15) is 0 Å². The molecule has 0 saturated carbocycles. The first-order valence-corrected chi connectivity index (χ1v) is 9.18. The van der Waals surface area contributed by atoms with Crippen LogP contribution in [0.5, 0.6) is 0 Å². The van der Waals surface area contributed by atoms with Crippen LogP contribution >= 0.6 is 11.3 Å². The molecule has 0 aliphatic carbocycles. The first-order valence-electron chi connectivity index (χ1n) is 8.30. The molecule has 2 aromatic rings. The molecule has 8 heteroatoms. The summed E-state index contributed by atoms with van der Waals surface area (Å²) in [4.78, 5) is 29.3. The maximum atomic E-state index is 12.5. The summed E-state index contributed by atoms with van der Waals surface area (Å²) in [6.07, 6.45) is 0. The number of aryl methyl sites for hydroxylation is 1. The molecule has 1 aliphatic rings. The summed E-state index contributed by atoms with van der Waals surface area (Å²) in [5.41, 5.74) is 0.874. The maximum Gasteiger partial charge on any atom is 0.261 e. The quantitative estimate of drug-likeness (QED) is 0.872. The summed E-state index contributed by atoms with van der Waals surface area (Å²) in [7, 11) is 0. The molecule has 0 radical (unpaired) electrons. The molecule has 2 amide bonds. The van der Waals surface area contributed by atoms with Crippen LogP contribution in [0.4, 0.5) is 0 Å². The van der Waals surface area contributed by atoms with Crippen molar-refractivity contribution in [3.63, 3.8) is 0 Å². The average Bonchev–Trinajstić information content (AvgIpc) is 3.27. The van der Waals surface area contributed by atoms with Gasteiger partial charge in [-0.25, -0.2) is 0 Å². The van der Waals surface area contributed by atoms with Gasteiger partial charge in [-0.15, -0.1) is 11.3 Å². The molecular weight excluding hydrogens is 340 g/mol. The summed E-state index contributed by atoms with van der Waals surface area (Å²) in [5.74, 6) is 0.601. The average molecular weight is 362 g/mol. The van der Waals surface area contributed by atoms with Gasteiger partial charge in [-0.3, -0.25) is 14.5 Å². The predicted octanol–water partition coefficient (Wildman–Crippen LogP) is 1.51. The summed E-state index contributed by atoms with van der Waals surface area (Å²) in [5, 5.41) is 8.51. The Hall–Kier alpha value is -2.19. The van der Waals surface area contributed by atoms with Gasteiger partial charge in [0.2, 0.25) is 5.91 Å². The van der Waals surface area contributed by atoms with E-state index in [-0.39, 0.29) is 11.8 Å². The number of hydrogen-bond donors (Lipinski definition) is 1. The van der Waals surface area contributed by atoms with Crippen molar-refractivity contribution >= 4 is 23.2 Å². The molecule has 0 spiro atoms. The summed E-state index contributed by atoms with van der Waals surface area (Å²) >= 11 is 1.37. The molecule has 2 aromatic heterocycles. The highest BCUT2D eigenvalue weighted by atomic mass is 32.1. The molecule has 1 atom stereocenters. The Balaban J connectivity index is 1.46. The van der Waals surface area contributed by atoms with Crippen LogP contribution in [0.25, 0.3) is 0 Å². The largest absolute Gasteiger partial charge is 0.360 e. The first-order chi connectivity index (χ1) is 12.0. The van der Waals surface area contributed by atoms with Crippen LogP contribution in [-0.2, 0) is 11.3 Å². The third-order valence-corrected chi connectivity index (χ3v) is 5.07. The van der Waals surface area contributed by atoms with E-state index >= 15 is 0 Å². The minimum atomic E-state index is -0.530. The van der Waals surface area contributed by atoms with Crippen molar-refractivity contribution in [2.45, 2.75) is 26.4 Å². The number of nitrogens with one attached hydrogen (secondary N) is 1. The van der Waals surface area contributed by atoms with E-state index in [4.69, 9.17) is 4.52 Å². The summed E-state index contributed by atoms with van der Waals surface area (Å²) in [6, 6.07) is 4.97. The van der Waals surface area contributed by atoms with Crippen LogP contribution < -0.4 is 5.32 Å². The standard InChI is InChI=1S/C17H22N4O3S/c1-12-10-14(24-19-12)11-20-5-7-21(8-6-20)17(23)13(2)18-16(22)15-4-3-9-25-15/h3-4,9-10,13H,5-8,11H2,1-2H3,(H,18,22). The van der Waals surface area contributed by atoms with Gasteiger partial charge in [0.15, 0.2) is 5.76 Å². The first kappa shape index (κ1) is 17.6. The van der Waals surface area contributed by atoms with E-state index in [1.807, 2.05) is 29.3 Å². The number of amides is 2. The maximum absolute atomic E-state index is 12.5. The van der Waals surface area contributed by atoms with E-state index in [2.05, 4.69) is 15.4 Å². The van der Waals surface area contributed by atoms with Gasteiger partial charge in [0.1, 0.15) is 6.04 Å². The lowest BCUT2D eigenvalue weighted by Gasteiger charge is -2.35. The van der Waals surface area contributed by atoms with Gasteiger partial charge in [-0.1, -0.05) is 11.2 Å². The number of hydrogen-bond acceptors (Lipinski definition) is 6. The van der Waals surface area contributed by atoms with Crippen LogP contribution in [0.15, 0.2) is 28.1 Å². The number of aromatic nitrogens is 1. The van der Waals surface area contributed by atoms with E-state index in [1.165, 1.54) is 11.3 Å². The summed E-state index contributed by atoms with van der Waals surface area (Å²) in [6.45, 7) is 7.17. The monoisotopic (exact) mass is 362 g/mol. The molecule has 3 rings (SSSR count). The smallest absolute Gasteiger partial charge is 0.261 e. The second-order valence-electron chi connectivity index (χ2n) is 6.21. The third-order valence-electron chi connectivity index (χ3n) is 4.20. The molecule has 25 heavy (non-hydrogen) atoms. The second-order valence-corrected chi connectivity index (χ2v) is 7.16. The van der Waals surface area contributed by atoms with Gasteiger partial charge in [0, 0.05) is 32.2 Å². The summed E-state index contributed by atoms with van der Waals surface area (Å²) < 4.78 is 5.24. The highest BCUT2D eigenvalue weighted by Crippen LogP contribution is 2.12. The van der Waals surface area contributed by atoms with Gasteiger partial charge in [-0.05, 0) is 25.3 Å². The number of thiophene rings is 1. The lowest BCUT2D eigenvalue weighted by molar-refractivity contribution is -0.134. The van der Waals surface area contributed by atoms with Gasteiger partial charge < -0.3 is 14.7 Å². The van der Waals surface area contributed by atoms with Crippen molar-refractivity contribution < 1.29 is 14.1 Å². The molecule has 7 nitrogen and oxygen atoms in total. The van der Waals surface area contributed by atoms with E-state index in [0.717, 1.165) is 24.5 Å². The normalized spacial score (nSPS) is 16.6. The van der Waals surface area contributed by atoms with Crippen molar-refractivity contribution in [1.82, 2.24) is 20.3 Å². The molecule has 1 fully saturated rings. The highest BCUT2D eigenvalue weighted by Gasteiger charge is 2.26. The Morgan fingerprint density at radius 3 is 2.72 bits per heavy atom. The van der Waals surface area contributed by atoms with E-state index in [1.54, 1.807) is 13.0 Å². The van der Waals surface area contributed by atoms with Crippen LogP contribution in [0, 0.1) is 6.92 Å². The molecule has 1 aliphatic heterocycles. The minimum absolute atomic E-state index is 0.0416. The zero-order valence-electron chi connectivity index (χ0n) is 14.4. The molecule has 0 bridgehead atoms. The fourth-order valence-electron chi connectivity index (χ4n) is 2.85. The Labute approximate surface area is 150 Å². The van der Waals surface area contributed by atoms with Crippen molar-refractivity contribution in [3.05, 3.63) is 39.9 Å². The Morgan fingerprint density at radius 1 is 1.36 bits per heavy atom. The van der Waals surface area contributed by atoms with E-state index < -0.39 is 6.04 Å². The molecule has 1 saturated heterocycles. The molecule has 0 aromatic carbocycles. The lowest BCUT2D eigenvalue weighted by Crippen LogP contribution is -2.53. The number of carbonyl (C=O) groups is 2. The Bertz CT molecular complexity index is 720. The van der Waals surface area contributed by atoms with Crippen molar-refractivity contribution in [1.29, 1.82) is 0 Å². The van der Waals surface area contributed by atoms with Crippen molar-refractivity contribution in [2.24, 2.45) is 0 Å². The number of piperazine rings is 1. The second kappa shape index (κ2) is 7.79. The van der Waals surface area contributed by atoms with Gasteiger partial charge in [0.25, 0.3) is 5.91 Å². The topological polar surface area (TPSA) is 78.7 Å². The van der Waals surface area contributed by atoms with Crippen LogP contribution in [0.3, 0.4) is 0 Å². The third kappa shape index (κ3) is 4.46. The lowest BCUT2D eigenvalue weighted by atomic mass is 10.2. The number of rotatable bonds is 5. The van der Waals surface area contributed by atoms with Crippen LogP contribution in [0.1, 0.15) is 28.0 Å². The van der Waals surface area contributed by atoms with Crippen molar-refractivity contribution in [2.75, 3.05) is 26.2 Å². The van der Waals surface area contributed by atoms with E-state index in [9.17, 15) is 9.59 Å². The molecule has 3 heterocycles. The van der Waals surface area contributed by atoms with Crippen LogP contribution in [-0.4, -0.2) is 59.0 Å². The molecular formula is C17H22N4O3S. The van der Waals surface area contributed by atoms with Gasteiger partial charge >= 0.3 is 0 Å². The molecule has 1 N–H and O–H groups in total. The highest BCUT2D eigenvalue weighted by molar-refractivity contribution is 7.12. The Kier molecular flexibility index (Phi) is 5.50. The minimum Gasteiger partial charge on any atom is -0.360 e. The SMILES string of the molecule is Cc1cc(CN2CCN(C(=O)C(C)NC(=O)c3cccs3)CC2)on1. The predicted molar refractivity (Wildman–Crippen MR) is 94.3 cm³/mol. The number of carbonyl (C=O) groups excluding carboxylic acids is 2. The van der Waals surface area contributed by atoms with Crippen molar-refractivity contribution in [3.8, 4) is 0 Å². The zero-order valence-corrected chi connectivity index (χ0v) is 15.2. The fourth-order valence-corrected chi connectivity index (χ4v) is 3.48. The zero-order chi connectivity index (χ0) is 17.8. The number of nitrogens with zero attached hydrogens (tertiary/aromatic N) is 3. The fraction of sp³-hybridized carbons (Fsp3) is 0.471.